The Bertz CT molecular complexity index is 487. The first-order valence-corrected chi connectivity index (χ1v) is 5.54. The average Bonchev–Trinajstić information content (AvgIpc) is 2.59. The molecule has 18 heavy (non-hydrogen) atoms. The lowest BCUT2D eigenvalue weighted by atomic mass is 10.0. The van der Waals surface area contributed by atoms with Crippen LogP contribution in [0.5, 0.6) is 11.5 Å². The summed E-state index contributed by atoms with van der Waals surface area (Å²) in [6.07, 6.45) is 0. The number of ketones is 1. The highest BCUT2D eigenvalue weighted by Gasteiger charge is 2.34. The zero-order valence-electron chi connectivity index (χ0n) is 10.5. The monoisotopic (exact) mass is 247 g/mol. The van der Waals surface area contributed by atoms with E-state index in [1.807, 2.05) is 25.9 Å². The number of hydrogen-bond donors (Lipinski definition) is 1. The minimum atomic E-state index is -2.16. The predicted octanol–water partition coefficient (Wildman–Crippen LogP) is 0.363. The molecule has 1 aromatic rings. The molecule has 2 rings (SSSR count). The lowest BCUT2D eigenvalue weighted by molar-refractivity contribution is -0.178. The highest BCUT2D eigenvalue weighted by atomic mass is 16.8. The summed E-state index contributed by atoms with van der Waals surface area (Å²) in [7, 11) is 8.94. The van der Waals surface area contributed by atoms with E-state index < -0.39 is 5.87 Å². The molecule has 94 valence electrons. The molecule has 1 heterocycles. The van der Waals surface area contributed by atoms with Gasteiger partial charge >= 0.3 is 5.87 Å². The molecule has 0 fully saturated rings. The number of carbonyl (C=O) groups excluding carboxylic acids is 1. The van der Waals surface area contributed by atoms with Crippen LogP contribution in [0.4, 0.5) is 0 Å². The van der Waals surface area contributed by atoms with E-state index in [0.29, 0.717) is 11.3 Å². The quantitative estimate of drug-likeness (QED) is 0.617. The SMILES string of the molecule is [B]C1(O)Oc2ccc(C(=O)C(C)N(C)C)cc2O1. The maximum atomic E-state index is 12.1. The topological polar surface area (TPSA) is 59.0 Å². The highest BCUT2D eigenvalue weighted by molar-refractivity contribution is 6.12. The van der Waals surface area contributed by atoms with Gasteiger partial charge < -0.3 is 14.6 Å². The van der Waals surface area contributed by atoms with Gasteiger partial charge in [0.25, 0.3) is 0 Å². The third-order valence-corrected chi connectivity index (χ3v) is 2.89. The van der Waals surface area contributed by atoms with Crippen LogP contribution in [-0.4, -0.2) is 49.6 Å². The second-order valence-corrected chi connectivity index (χ2v) is 4.50. The Balaban J connectivity index is 2.26. The Morgan fingerprint density at radius 2 is 2.00 bits per heavy atom. The first-order valence-electron chi connectivity index (χ1n) is 5.54. The molecule has 6 heteroatoms. The molecule has 2 atom stereocenters. The smallest absolute Gasteiger partial charge is 0.302 e. The minimum Gasteiger partial charge on any atom is -0.435 e. The fraction of sp³-hybridized carbons (Fsp3) is 0.417. The van der Waals surface area contributed by atoms with Crippen LogP contribution in [0.2, 0.25) is 0 Å². The number of carbonyl (C=O) groups is 1. The lowest BCUT2D eigenvalue weighted by Gasteiger charge is -2.18. The van der Waals surface area contributed by atoms with Crippen LogP contribution >= 0.6 is 0 Å². The third kappa shape index (κ3) is 2.35. The fourth-order valence-corrected chi connectivity index (χ4v) is 1.64. The van der Waals surface area contributed by atoms with Gasteiger partial charge in [-0.25, -0.2) is 0 Å². The molecule has 1 aliphatic rings. The molecular formula is C12H14BNO4. The summed E-state index contributed by atoms with van der Waals surface area (Å²) in [6.45, 7) is 1.81. The Hall–Kier alpha value is -1.53. The number of aliphatic hydroxyl groups is 1. The molecule has 1 aromatic carbocycles. The number of nitrogens with zero attached hydrogens (tertiary/aromatic N) is 1. The molecule has 5 nitrogen and oxygen atoms in total. The summed E-state index contributed by atoms with van der Waals surface area (Å²) in [5, 5.41) is 9.38. The largest absolute Gasteiger partial charge is 0.435 e. The maximum absolute atomic E-state index is 12.1. The molecule has 1 N–H and O–H groups in total. The van der Waals surface area contributed by atoms with Crippen molar-refractivity contribution >= 4 is 13.6 Å². The van der Waals surface area contributed by atoms with Crippen molar-refractivity contribution in [3.8, 4) is 11.5 Å². The molecular weight excluding hydrogens is 233 g/mol. The van der Waals surface area contributed by atoms with Gasteiger partial charge in [-0.3, -0.25) is 9.69 Å². The Labute approximate surface area is 107 Å². The van der Waals surface area contributed by atoms with Gasteiger partial charge in [0.1, 0.15) is 0 Å². The van der Waals surface area contributed by atoms with Gasteiger partial charge in [0.2, 0.25) is 7.85 Å². The molecule has 1 aliphatic heterocycles. The number of benzene rings is 1. The summed E-state index contributed by atoms with van der Waals surface area (Å²) in [4.78, 5) is 13.9. The molecule has 2 radical (unpaired) electrons. The zero-order chi connectivity index (χ0) is 13.5. The number of likely N-dealkylation sites (N-methyl/N-ethyl adjacent to an activating group) is 1. The molecule has 0 aliphatic carbocycles. The van der Waals surface area contributed by atoms with Gasteiger partial charge in [-0.2, -0.15) is 0 Å². The number of rotatable bonds is 3. The average molecular weight is 247 g/mol. The summed E-state index contributed by atoms with van der Waals surface area (Å²) >= 11 is 0. The van der Waals surface area contributed by atoms with Crippen molar-refractivity contribution in [3.05, 3.63) is 23.8 Å². The van der Waals surface area contributed by atoms with Crippen LogP contribution in [0.15, 0.2) is 18.2 Å². The Kier molecular flexibility index (Phi) is 3.08. The second kappa shape index (κ2) is 4.30. The summed E-state index contributed by atoms with van der Waals surface area (Å²) in [6, 6.07) is 4.44. The highest BCUT2D eigenvalue weighted by Crippen LogP contribution is 2.37. The van der Waals surface area contributed by atoms with Crippen molar-refractivity contribution in [1.82, 2.24) is 4.90 Å². The summed E-state index contributed by atoms with van der Waals surface area (Å²) in [5.41, 5.74) is 0.483. The lowest BCUT2D eigenvalue weighted by Crippen LogP contribution is -2.38. The molecule has 0 amide bonds. The van der Waals surface area contributed by atoms with E-state index in [-0.39, 0.29) is 17.6 Å². The van der Waals surface area contributed by atoms with E-state index in [9.17, 15) is 9.90 Å². The number of fused-ring (bicyclic) bond motifs is 1. The van der Waals surface area contributed by atoms with E-state index in [1.165, 1.54) is 6.07 Å². The van der Waals surface area contributed by atoms with Crippen molar-refractivity contribution in [2.75, 3.05) is 14.1 Å². The number of Topliss-reactive ketones (excluding diaryl/α,β-unsaturated/α-hetero) is 1. The van der Waals surface area contributed by atoms with Gasteiger partial charge in [0.15, 0.2) is 17.3 Å². The van der Waals surface area contributed by atoms with Gasteiger partial charge in [-0.05, 0) is 39.2 Å². The standard InChI is InChI=1S/C12H14BNO4/c1-7(14(2)3)11(15)8-4-5-9-10(6-8)18-12(13,16)17-9/h4-7,16H,1-3H3. The molecule has 2 unspecified atom stereocenters. The number of hydrogen-bond acceptors (Lipinski definition) is 5. The van der Waals surface area contributed by atoms with Crippen molar-refractivity contribution in [2.24, 2.45) is 0 Å². The molecule has 0 bridgehead atoms. The van der Waals surface area contributed by atoms with Gasteiger partial charge in [-0.15, -0.1) is 0 Å². The van der Waals surface area contributed by atoms with Crippen LogP contribution in [0.3, 0.4) is 0 Å². The van der Waals surface area contributed by atoms with E-state index in [1.54, 1.807) is 12.1 Å². The van der Waals surface area contributed by atoms with Crippen LogP contribution in [0.25, 0.3) is 0 Å². The van der Waals surface area contributed by atoms with E-state index in [0.717, 1.165) is 0 Å². The fourth-order valence-electron chi connectivity index (χ4n) is 1.64. The molecule has 0 saturated carbocycles. The van der Waals surface area contributed by atoms with Crippen LogP contribution in [-0.2, 0) is 0 Å². The zero-order valence-corrected chi connectivity index (χ0v) is 10.5. The van der Waals surface area contributed by atoms with E-state index in [4.69, 9.17) is 17.3 Å². The predicted molar refractivity (Wildman–Crippen MR) is 65.9 cm³/mol. The third-order valence-electron chi connectivity index (χ3n) is 2.89. The first-order chi connectivity index (χ1) is 8.30. The van der Waals surface area contributed by atoms with Crippen molar-refractivity contribution in [1.29, 1.82) is 0 Å². The van der Waals surface area contributed by atoms with E-state index in [2.05, 4.69) is 0 Å². The normalized spacial score (nSPS) is 23.2. The van der Waals surface area contributed by atoms with Gasteiger partial charge in [0.05, 0.1) is 6.04 Å². The van der Waals surface area contributed by atoms with Crippen molar-refractivity contribution in [3.63, 3.8) is 0 Å². The Morgan fingerprint density at radius 3 is 2.61 bits per heavy atom. The van der Waals surface area contributed by atoms with Crippen LogP contribution < -0.4 is 9.47 Å². The minimum absolute atomic E-state index is 0.0427. The molecule has 0 aromatic heterocycles. The van der Waals surface area contributed by atoms with Crippen LogP contribution in [0.1, 0.15) is 17.3 Å². The first kappa shape index (κ1) is 12.9. The van der Waals surface area contributed by atoms with Crippen molar-refractivity contribution in [2.45, 2.75) is 18.8 Å². The van der Waals surface area contributed by atoms with Gasteiger partial charge in [0, 0.05) is 5.56 Å². The van der Waals surface area contributed by atoms with Crippen molar-refractivity contribution < 1.29 is 19.4 Å². The van der Waals surface area contributed by atoms with E-state index >= 15 is 0 Å². The van der Waals surface area contributed by atoms with Crippen LogP contribution in [0, 0.1) is 0 Å². The maximum Gasteiger partial charge on any atom is 0.302 e. The second-order valence-electron chi connectivity index (χ2n) is 4.50. The summed E-state index contributed by atoms with van der Waals surface area (Å²) in [5.74, 6) is -1.62. The number of ether oxygens (including phenoxy) is 2. The summed E-state index contributed by atoms with van der Waals surface area (Å²) < 4.78 is 9.90. The molecule has 0 spiro atoms. The molecule has 0 saturated heterocycles. The van der Waals surface area contributed by atoms with Gasteiger partial charge in [-0.1, -0.05) is 0 Å². The Morgan fingerprint density at radius 1 is 1.39 bits per heavy atom.